The molecule has 1 aromatic rings. The van der Waals surface area contributed by atoms with E-state index in [2.05, 4.69) is 10.2 Å². The summed E-state index contributed by atoms with van der Waals surface area (Å²) >= 11 is 6.29. The Kier molecular flexibility index (Phi) is 5.84. The molecule has 1 unspecified atom stereocenters. The van der Waals surface area contributed by atoms with Crippen molar-refractivity contribution in [3.8, 4) is 5.75 Å². The minimum Gasteiger partial charge on any atom is -0.493 e. The van der Waals surface area contributed by atoms with Gasteiger partial charge in [0.25, 0.3) is 0 Å². The molecule has 2 rings (SSSR count). The fraction of sp³-hybridized carbons (Fsp3) is 0.588. The summed E-state index contributed by atoms with van der Waals surface area (Å²) in [6.45, 7) is 11.9. The molecule has 1 aliphatic heterocycles. The molecular formula is C17H25ClN2O2. The fourth-order valence-corrected chi connectivity index (χ4v) is 3.18. The number of nitrogens with zero attached hydrogens (tertiary/aromatic N) is 1. The molecule has 1 atom stereocenters. The molecule has 22 heavy (non-hydrogen) atoms. The smallest absolute Gasteiger partial charge is 0.183 e. The lowest BCUT2D eigenvalue weighted by atomic mass is 9.95. The zero-order valence-corrected chi connectivity index (χ0v) is 14.6. The van der Waals surface area contributed by atoms with Gasteiger partial charge in [-0.1, -0.05) is 11.6 Å². The van der Waals surface area contributed by atoms with Crippen molar-refractivity contribution in [2.45, 2.75) is 33.7 Å². The maximum atomic E-state index is 13.1. The lowest BCUT2D eigenvalue weighted by Crippen LogP contribution is -2.50. The van der Waals surface area contributed by atoms with Crippen molar-refractivity contribution in [2.75, 3.05) is 32.8 Å². The average molecular weight is 325 g/mol. The number of hydrogen-bond donors (Lipinski definition) is 1. The van der Waals surface area contributed by atoms with Crippen LogP contribution >= 0.6 is 11.6 Å². The van der Waals surface area contributed by atoms with E-state index in [0.717, 1.165) is 37.3 Å². The lowest BCUT2D eigenvalue weighted by Gasteiger charge is -2.32. The van der Waals surface area contributed by atoms with Gasteiger partial charge in [0.15, 0.2) is 5.78 Å². The van der Waals surface area contributed by atoms with Gasteiger partial charge in [0, 0.05) is 31.2 Å². The lowest BCUT2D eigenvalue weighted by molar-refractivity contribution is 0.0815. The summed E-state index contributed by atoms with van der Waals surface area (Å²) in [5.41, 5.74) is 2.36. The molecule has 122 valence electrons. The standard InChI is InChI=1S/C17H25ClN2O2/c1-5-22-17-11(2)10-14(18)12(3)15(17)16(21)13(4)20-8-6-19-7-9-20/h10,13,19H,5-9H2,1-4H3. The van der Waals surface area contributed by atoms with Crippen LogP contribution in [-0.4, -0.2) is 49.5 Å². The number of benzene rings is 1. The highest BCUT2D eigenvalue weighted by Crippen LogP contribution is 2.33. The minimum absolute atomic E-state index is 0.0912. The minimum atomic E-state index is -0.169. The van der Waals surface area contributed by atoms with Crippen LogP contribution in [0.1, 0.15) is 35.3 Å². The molecule has 0 aromatic heterocycles. The van der Waals surface area contributed by atoms with Gasteiger partial charge in [0.05, 0.1) is 18.2 Å². The van der Waals surface area contributed by atoms with Gasteiger partial charge in [-0.2, -0.15) is 0 Å². The Hall–Kier alpha value is -1.10. The quantitative estimate of drug-likeness (QED) is 0.846. The zero-order chi connectivity index (χ0) is 16.3. The largest absolute Gasteiger partial charge is 0.493 e. The maximum absolute atomic E-state index is 13.1. The molecule has 1 N–H and O–H groups in total. The van der Waals surface area contributed by atoms with E-state index < -0.39 is 0 Å². The van der Waals surface area contributed by atoms with E-state index in [-0.39, 0.29) is 11.8 Å². The predicted octanol–water partition coefficient (Wildman–Crippen LogP) is 2.83. The summed E-state index contributed by atoms with van der Waals surface area (Å²) in [6.07, 6.45) is 0. The number of halogens is 1. The summed E-state index contributed by atoms with van der Waals surface area (Å²) in [4.78, 5) is 15.3. The SMILES string of the molecule is CCOc1c(C)cc(Cl)c(C)c1C(=O)C(C)N1CCNCC1. The van der Waals surface area contributed by atoms with Crippen molar-refractivity contribution in [2.24, 2.45) is 0 Å². The molecule has 0 saturated carbocycles. The average Bonchev–Trinajstić information content (AvgIpc) is 2.52. The Morgan fingerprint density at radius 3 is 2.64 bits per heavy atom. The first-order valence-electron chi connectivity index (χ1n) is 7.88. The van der Waals surface area contributed by atoms with Crippen LogP contribution in [-0.2, 0) is 0 Å². The van der Waals surface area contributed by atoms with Gasteiger partial charge in [-0.15, -0.1) is 0 Å². The van der Waals surface area contributed by atoms with Gasteiger partial charge in [0.2, 0.25) is 0 Å². The van der Waals surface area contributed by atoms with Crippen LogP contribution in [0.25, 0.3) is 0 Å². The van der Waals surface area contributed by atoms with Crippen LogP contribution in [0.5, 0.6) is 5.75 Å². The molecule has 0 bridgehead atoms. The molecule has 1 aromatic carbocycles. The van der Waals surface area contributed by atoms with Crippen LogP contribution in [0, 0.1) is 13.8 Å². The fourth-order valence-electron chi connectivity index (χ4n) is 2.92. The zero-order valence-electron chi connectivity index (χ0n) is 13.8. The number of piperazine rings is 1. The molecule has 0 spiro atoms. The van der Waals surface area contributed by atoms with Gasteiger partial charge in [-0.05, 0) is 44.9 Å². The summed E-state index contributed by atoms with van der Waals surface area (Å²) < 4.78 is 5.75. The summed E-state index contributed by atoms with van der Waals surface area (Å²) in [7, 11) is 0. The number of ketones is 1. The van der Waals surface area contributed by atoms with Gasteiger partial charge >= 0.3 is 0 Å². The molecule has 5 heteroatoms. The van der Waals surface area contributed by atoms with Crippen molar-refractivity contribution in [3.63, 3.8) is 0 Å². The Balaban J connectivity index is 2.38. The first-order chi connectivity index (χ1) is 10.5. The van der Waals surface area contributed by atoms with Gasteiger partial charge < -0.3 is 10.1 Å². The van der Waals surface area contributed by atoms with E-state index in [1.165, 1.54) is 0 Å². The predicted molar refractivity (Wildman–Crippen MR) is 90.3 cm³/mol. The molecular weight excluding hydrogens is 300 g/mol. The van der Waals surface area contributed by atoms with Crippen molar-refractivity contribution in [1.29, 1.82) is 0 Å². The Morgan fingerprint density at radius 2 is 2.05 bits per heavy atom. The Bertz CT molecular complexity index is 554. The third-order valence-corrected chi connectivity index (χ3v) is 4.67. The topological polar surface area (TPSA) is 41.6 Å². The second-order valence-corrected chi connectivity index (χ2v) is 6.17. The van der Waals surface area contributed by atoms with Crippen molar-refractivity contribution in [3.05, 3.63) is 27.8 Å². The first-order valence-corrected chi connectivity index (χ1v) is 8.26. The summed E-state index contributed by atoms with van der Waals surface area (Å²) in [5.74, 6) is 0.768. The molecule has 0 amide bonds. The Labute approximate surface area is 137 Å². The third kappa shape index (κ3) is 3.45. The monoisotopic (exact) mass is 324 g/mol. The van der Waals surface area contributed by atoms with Crippen LogP contribution in [0.3, 0.4) is 0 Å². The van der Waals surface area contributed by atoms with Crippen molar-refractivity contribution in [1.82, 2.24) is 10.2 Å². The van der Waals surface area contributed by atoms with E-state index >= 15 is 0 Å². The molecule has 0 aliphatic carbocycles. The van der Waals surface area contributed by atoms with E-state index in [0.29, 0.717) is 22.9 Å². The molecule has 4 nitrogen and oxygen atoms in total. The van der Waals surface area contributed by atoms with E-state index in [4.69, 9.17) is 16.3 Å². The second kappa shape index (κ2) is 7.44. The van der Waals surface area contributed by atoms with Gasteiger partial charge in [-0.25, -0.2) is 0 Å². The maximum Gasteiger partial charge on any atom is 0.183 e. The highest BCUT2D eigenvalue weighted by atomic mass is 35.5. The summed E-state index contributed by atoms with van der Waals surface area (Å²) in [5, 5.41) is 3.93. The molecule has 1 fully saturated rings. The third-order valence-electron chi connectivity index (χ3n) is 4.28. The molecule has 1 heterocycles. The number of ether oxygens (including phenoxy) is 1. The van der Waals surface area contributed by atoms with E-state index in [1.807, 2.05) is 33.8 Å². The second-order valence-electron chi connectivity index (χ2n) is 5.76. The molecule has 1 saturated heterocycles. The molecule has 0 radical (unpaired) electrons. The number of aryl methyl sites for hydroxylation is 1. The number of nitrogens with one attached hydrogen (secondary N) is 1. The molecule has 1 aliphatic rings. The van der Waals surface area contributed by atoms with E-state index in [1.54, 1.807) is 0 Å². The normalized spacial score (nSPS) is 17.3. The van der Waals surface area contributed by atoms with E-state index in [9.17, 15) is 4.79 Å². The van der Waals surface area contributed by atoms with Gasteiger partial charge in [-0.3, -0.25) is 9.69 Å². The highest BCUT2D eigenvalue weighted by molar-refractivity contribution is 6.32. The van der Waals surface area contributed by atoms with Crippen LogP contribution in [0.2, 0.25) is 5.02 Å². The first kappa shape index (κ1) is 17.3. The number of carbonyl (C=O) groups is 1. The van der Waals surface area contributed by atoms with Crippen LogP contribution < -0.4 is 10.1 Å². The number of Topliss-reactive ketones (excluding diaryl/α,β-unsaturated/α-hetero) is 1. The summed E-state index contributed by atoms with van der Waals surface area (Å²) in [6, 6.07) is 1.70. The Morgan fingerprint density at radius 1 is 1.41 bits per heavy atom. The van der Waals surface area contributed by atoms with Crippen LogP contribution in [0.15, 0.2) is 6.07 Å². The number of rotatable bonds is 5. The van der Waals surface area contributed by atoms with Gasteiger partial charge in [0.1, 0.15) is 5.75 Å². The van der Waals surface area contributed by atoms with Crippen molar-refractivity contribution >= 4 is 17.4 Å². The number of hydrogen-bond acceptors (Lipinski definition) is 4. The van der Waals surface area contributed by atoms with Crippen molar-refractivity contribution < 1.29 is 9.53 Å². The number of carbonyl (C=O) groups excluding carboxylic acids is 1. The van der Waals surface area contributed by atoms with Crippen LogP contribution in [0.4, 0.5) is 0 Å². The highest BCUT2D eigenvalue weighted by Gasteiger charge is 2.28.